The van der Waals surface area contributed by atoms with Gasteiger partial charge in [-0.3, -0.25) is 0 Å². The zero-order valence-corrected chi connectivity index (χ0v) is 9.34. The van der Waals surface area contributed by atoms with E-state index < -0.39 is 0 Å². The number of pyridine rings is 1. The minimum atomic E-state index is 0.512. The van der Waals surface area contributed by atoms with Crippen molar-refractivity contribution in [3.63, 3.8) is 0 Å². The third-order valence-corrected chi connectivity index (χ3v) is 2.90. The zero-order chi connectivity index (χ0) is 10.8. The maximum Gasteiger partial charge on any atom is 0.140 e. The minimum Gasteiger partial charge on any atom is -0.495 e. The van der Waals surface area contributed by atoms with E-state index in [0.717, 1.165) is 21.9 Å². The zero-order valence-electron chi connectivity index (χ0n) is 8.52. The van der Waals surface area contributed by atoms with Gasteiger partial charge in [-0.1, -0.05) is 0 Å². The molecule has 2 heterocycles. The van der Waals surface area contributed by atoms with E-state index in [-0.39, 0.29) is 0 Å². The Morgan fingerprint density at radius 2 is 2.27 bits per heavy atom. The van der Waals surface area contributed by atoms with E-state index in [9.17, 15) is 0 Å². The molecule has 2 aromatic heterocycles. The Balaban J connectivity index is 2.57. The molecule has 0 aliphatic carbocycles. The van der Waals surface area contributed by atoms with Gasteiger partial charge in [0.25, 0.3) is 0 Å². The molecule has 0 radical (unpaired) electrons. The van der Waals surface area contributed by atoms with E-state index in [4.69, 9.17) is 10.5 Å². The first-order valence-electron chi connectivity index (χ1n) is 4.44. The maximum absolute atomic E-state index is 5.85. The van der Waals surface area contributed by atoms with Crippen LogP contribution in [0, 0.1) is 6.92 Å². The normalized spacial score (nSPS) is 10.3. The quantitative estimate of drug-likeness (QED) is 0.843. The molecular weight excluding hydrogens is 210 g/mol. The van der Waals surface area contributed by atoms with Crippen molar-refractivity contribution < 1.29 is 4.74 Å². The Morgan fingerprint density at radius 3 is 2.87 bits per heavy atom. The average molecular weight is 221 g/mol. The van der Waals surface area contributed by atoms with Crippen LogP contribution < -0.4 is 10.5 Å². The Bertz CT molecular complexity index is 468. The highest BCUT2D eigenvalue weighted by Gasteiger charge is 2.10. The fourth-order valence-electron chi connectivity index (χ4n) is 1.36. The smallest absolute Gasteiger partial charge is 0.140 e. The predicted molar refractivity (Wildman–Crippen MR) is 61.0 cm³/mol. The molecule has 0 amide bonds. The predicted octanol–water partition coefficient (Wildman–Crippen LogP) is 2.10. The Kier molecular flexibility index (Phi) is 2.55. The summed E-state index contributed by atoms with van der Waals surface area (Å²) < 4.78 is 9.24. The highest BCUT2D eigenvalue weighted by Crippen LogP contribution is 2.31. The van der Waals surface area contributed by atoms with Gasteiger partial charge in [0.2, 0.25) is 0 Å². The lowest BCUT2D eigenvalue weighted by molar-refractivity contribution is 0.409. The molecule has 15 heavy (non-hydrogen) atoms. The van der Waals surface area contributed by atoms with Crippen LogP contribution in [0.5, 0.6) is 5.75 Å². The second kappa shape index (κ2) is 3.86. The average Bonchev–Trinajstić information content (AvgIpc) is 2.71. The molecule has 0 saturated carbocycles. The number of ether oxygens (including phenoxy) is 1. The molecule has 2 rings (SSSR count). The summed E-state index contributed by atoms with van der Waals surface area (Å²) >= 11 is 1.39. The van der Waals surface area contributed by atoms with Gasteiger partial charge < -0.3 is 10.5 Å². The van der Waals surface area contributed by atoms with Crippen LogP contribution in [-0.4, -0.2) is 16.5 Å². The fourth-order valence-corrected chi connectivity index (χ4v) is 1.98. The molecule has 2 N–H and O–H groups in total. The van der Waals surface area contributed by atoms with Crippen LogP contribution in [0.3, 0.4) is 0 Å². The van der Waals surface area contributed by atoms with Crippen molar-refractivity contribution in [3.8, 4) is 16.2 Å². The SMILES string of the molecule is COc1cc(-c2ccns2)c(N)nc1C. The van der Waals surface area contributed by atoms with E-state index >= 15 is 0 Å². The topological polar surface area (TPSA) is 61.0 Å². The second-order valence-electron chi connectivity index (χ2n) is 3.09. The first kappa shape index (κ1) is 9.92. The van der Waals surface area contributed by atoms with Gasteiger partial charge >= 0.3 is 0 Å². The van der Waals surface area contributed by atoms with Crippen molar-refractivity contribution in [2.24, 2.45) is 0 Å². The number of nitrogens with two attached hydrogens (primary N) is 1. The van der Waals surface area contributed by atoms with Crippen molar-refractivity contribution in [1.29, 1.82) is 0 Å². The lowest BCUT2D eigenvalue weighted by Crippen LogP contribution is -1.98. The standard InChI is InChI=1S/C10H11N3OS/c1-6-8(14-2)5-7(10(11)13-6)9-3-4-12-15-9/h3-5H,1-2H3,(H2,11,13). The van der Waals surface area contributed by atoms with Crippen molar-refractivity contribution in [3.05, 3.63) is 24.0 Å². The maximum atomic E-state index is 5.85. The lowest BCUT2D eigenvalue weighted by atomic mass is 10.2. The van der Waals surface area contributed by atoms with Crippen molar-refractivity contribution >= 4 is 17.4 Å². The largest absolute Gasteiger partial charge is 0.495 e. The highest BCUT2D eigenvalue weighted by atomic mass is 32.1. The Morgan fingerprint density at radius 1 is 1.47 bits per heavy atom. The number of methoxy groups -OCH3 is 1. The van der Waals surface area contributed by atoms with Gasteiger partial charge in [-0.05, 0) is 30.6 Å². The molecule has 0 bridgehead atoms. The van der Waals surface area contributed by atoms with Crippen LogP contribution in [0.15, 0.2) is 18.3 Å². The molecule has 0 saturated heterocycles. The summed E-state index contributed by atoms with van der Waals surface area (Å²) in [7, 11) is 1.62. The van der Waals surface area contributed by atoms with E-state index in [1.807, 2.05) is 19.1 Å². The third-order valence-electron chi connectivity index (χ3n) is 2.12. The number of rotatable bonds is 2. The summed E-state index contributed by atoms with van der Waals surface area (Å²) in [6.45, 7) is 1.87. The van der Waals surface area contributed by atoms with Crippen LogP contribution in [-0.2, 0) is 0 Å². The number of aryl methyl sites for hydroxylation is 1. The van der Waals surface area contributed by atoms with Crippen LogP contribution in [0.4, 0.5) is 5.82 Å². The van der Waals surface area contributed by atoms with Crippen molar-refractivity contribution in [1.82, 2.24) is 9.36 Å². The molecule has 0 aliphatic heterocycles. The first-order chi connectivity index (χ1) is 7.22. The molecule has 5 heteroatoms. The molecule has 0 unspecified atom stereocenters. The molecule has 4 nitrogen and oxygen atoms in total. The monoisotopic (exact) mass is 221 g/mol. The number of hydrogen-bond donors (Lipinski definition) is 1. The summed E-state index contributed by atoms with van der Waals surface area (Å²) in [5.41, 5.74) is 7.52. The number of anilines is 1. The number of nitrogen functional groups attached to an aromatic ring is 1. The summed E-state index contributed by atoms with van der Waals surface area (Å²) in [6, 6.07) is 3.80. The molecular formula is C10H11N3OS. The second-order valence-corrected chi connectivity index (χ2v) is 3.92. The summed E-state index contributed by atoms with van der Waals surface area (Å²) in [5, 5.41) is 0. The van der Waals surface area contributed by atoms with Crippen LogP contribution in [0.1, 0.15) is 5.69 Å². The molecule has 78 valence electrons. The van der Waals surface area contributed by atoms with Gasteiger partial charge in [-0.15, -0.1) is 0 Å². The number of nitrogens with zero attached hydrogens (tertiary/aromatic N) is 2. The van der Waals surface area contributed by atoms with Gasteiger partial charge in [0, 0.05) is 11.8 Å². The minimum absolute atomic E-state index is 0.512. The fraction of sp³-hybridized carbons (Fsp3) is 0.200. The van der Waals surface area contributed by atoms with Crippen LogP contribution >= 0.6 is 11.5 Å². The first-order valence-corrected chi connectivity index (χ1v) is 5.22. The molecule has 0 aromatic carbocycles. The van der Waals surface area contributed by atoms with Crippen molar-refractivity contribution in [2.75, 3.05) is 12.8 Å². The number of aromatic nitrogens is 2. The van der Waals surface area contributed by atoms with E-state index in [1.165, 1.54) is 11.5 Å². The molecule has 0 atom stereocenters. The summed E-state index contributed by atoms with van der Waals surface area (Å²) in [4.78, 5) is 5.23. The Labute approximate surface area is 91.9 Å². The van der Waals surface area contributed by atoms with E-state index in [0.29, 0.717) is 5.82 Å². The van der Waals surface area contributed by atoms with Crippen LogP contribution in [0.25, 0.3) is 10.4 Å². The molecule has 0 spiro atoms. The summed E-state index contributed by atoms with van der Waals surface area (Å²) in [5.74, 6) is 1.25. The highest BCUT2D eigenvalue weighted by molar-refractivity contribution is 7.09. The van der Waals surface area contributed by atoms with Gasteiger partial charge in [0.1, 0.15) is 11.6 Å². The van der Waals surface area contributed by atoms with Gasteiger partial charge in [0.05, 0.1) is 17.7 Å². The van der Waals surface area contributed by atoms with Gasteiger partial charge in [-0.25, -0.2) is 9.36 Å². The lowest BCUT2D eigenvalue weighted by Gasteiger charge is -2.08. The van der Waals surface area contributed by atoms with Crippen molar-refractivity contribution in [2.45, 2.75) is 6.92 Å². The summed E-state index contributed by atoms with van der Waals surface area (Å²) in [6.07, 6.45) is 1.74. The molecule has 2 aromatic rings. The van der Waals surface area contributed by atoms with Gasteiger partial charge in [0.15, 0.2) is 0 Å². The third kappa shape index (κ3) is 1.78. The Hall–Kier alpha value is -1.62. The number of hydrogen-bond acceptors (Lipinski definition) is 5. The van der Waals surface area contributed by atoms with Gasteiger partial charge in [-0.2, -0.15) is 0 Å². The molecule has 0 fully saturated rings. The van der Waals surface area contributed by atoms with Crippen LogP contribution in [0.2, 0.25) is 0 Å². The van der Waals surface area contributed by atoms with E-state index in [2.05, 4.69) is 9.36 Å². The molecule has 0 aliphatic rings. The van der Waals surface area contributed by atoms with E-state index in [1.54, 1.807) is 13.3 Å².